The van der Waals surface area contributed by atoms with Crippen LogP contribution in [0.3, 0.4) is 0 Å². The van der Waals surface area contributed by atoms with Gasteiger partial charge < -0.3 is 16.4 Å². The minimum Gasteiger partial charge on any atom is -0.360 e. The van der Waals surface area contributed by atoms with Crippen molar-refractivity contribution in [1.29, 1.82) is 5.41 Å². The second kappa shape index (κ2) is 19.1. The first kappa shape index (κ1) is 43.6. The number of nitrogens with one attached hydrogen (secondary N) is 1. The van der Waals surface area contributed by atoms with Gasteiger partial charge in [0.2, 0.25) is 0 Å². The quantitative estimate of drug-likeness (QED) is 0.0358. The number of nitrogens with two attached hydrogens (primary N) is 2. The average molecular weight is 745 g/mol. The monoisotopic (exact) mass is 745 g/mol. The molecule has 5 N–H and O–H groups in total. The average Bonchev–Trinajstić information content (AvgIpc) is 3.40. The lowest BCUT2D eigenvalue weighted by Gasteiger charge is -2.58. The van der Waals surface area contributed by atoms with Crippen molar-refractivity contribution in [2.75, 3.05) is 18.8 Å². The Morgan fingerprint density at radius 3 is 2.27 bits per heavy atom. The minimum atomic E-state index is -0.191. The van der Waals surface area contributed by atoms with E-state index in [1.54, 1.807) is 0 Å². The molecule has 0 aliphatic heterocycles. The molecular weight excluding hydrogens is 661 g/mol. The third kappa shape index (κ3) is 12.4. The Morgan fingerprint density at radius 1 is 0.863 bits per heavy atom. The highest BCUT2D eigenvalue weighted by Gasteiger charge is 2.59. The van der Waals surface area contributed by atoms with Crippen LogP contribution in [0, 0.1) is 51.7 Å². The van der Waals surface area contributed by atoms with Crippen LogP contribution in [0.15, 0.2) is 11.6 Å². The number of nitrogens with zero attached hydrogens (tertiary/aromatic N) is 1. The molecule has 8 atom stereocenters. The highest BCUT2D eigenvalue weighted by molar-refractivity contribution is 8.76. The fourth-order valence-corrected chi connectivity index (χ4v) is 14.0. The zero-order valence-electron chi connectivity index (χ0n) is 35.1. The molecule has 6 heteroatoms. The molecule has 0 amide bonds. The van der Waals surface area contributed by atoms with E-state index >= 15 is 0 Å². The first-order valence-corrected chi connectivity index (χ1v) is 24.2. The van der Waals surface area contributed by atoms with Crippen molar-refractivity contribution < 1.29 is 0 Å². The van der Waals surface area contributed by atoms with Crippen molar-refractivity contribution in [2.45, 2.75) is 201 Å². The van der Waals surface area contributed by atoms with E-state index in [0.717, 1.165) is 91.1 Å². The lowest BCUT2D eigenvalue weighted by atomic mass is 9.47. The van der Waals surface area contributed by atoms with E-state index in [-0.39, 0.29) is 11.1 Å². The van der Waals surface area contributed by atoms with Crippen molar-refractivity contribution in [3.05, 3.63) is 11.6 Å². The maximum absolute atomic E-state index is 9.01. The largest absolute Gasteiger partial charge is 0.360 e. The van der Waals surface area contributed by atoms with Gasteiger partial charge in [0.15, 0.2) is 0 Å². The molecule has 4 nitrogen and oxygen atoms in total. The molecular formula is C45H84N4S2. The van der Waals surface area contributed by atoms with Gasteiger partial charge in [-0.3, -0.25) is 5.41 Å². The van der Waals surface area contributed by atoms with Gasteiger partial charge in [0.05, 0.1) is 5.84 Å². The van der Waals surface area contributed by atoms with Crippen LogP contribution in [0.5, 0.6) is 0 Å². The van der Waals surface area contributed by atoms with E-state index in [2.05, 4.69) is 84.1 Å². The summed E-state index contributed by atoms with van der Waals surface area (Å²) < 4.78 is 0. The minimum absolute atomic E-state index is 0.0472. The molecule has 3 fully saturated rings. The molecule has 0 aromatic carbocycles. The van der Waals surface area contributed by atoms with Crippen LogP contribution in [-0.2, 0) is 0 Å². The maximum atomic E-state index is 9.01. The van der Waals surface area contributed by atoms with Gasteiger partial charge in [-0.2, -0.15) is 0 Å². The molecule has 296 valence electrons. The molecule has 0 saturated heterocycles. The number of allylic oxidation sites excluding steroid dienone is 2. The van der Waals surface area contributed by atoms with Gasteiger partial charge >= 0.3 is 0 Å². The van der Waals surface area contributed by atoms with Crippen LogP contribution in [0.2, 0.25) is 0 Å². The molecule has 51 heavy (non-hydrogen) atoms. The van der Waals surface area contributed by atoms with Crippen molar-refractivity contribution in [3.63, 3.8) is 0 Å². The van der Waals surface area contributed by atoms with Crippen molar-refractivity contribution in [1.82, 2.24) is 4.90 Å². The highest BCUT2D eigenvalue weighted by atomic mass is 33.1. The zero-order valence-corrected chi connectivity index (χ0v) is 36.7. The van der Waals surface area contributed by atoms with E-state index in [0.29, 0.717) is 10.8 Å². The van der Waals surface area contributed by atoms with Gasteiger partial charge in [-0.1, -0.05) is 113 Å². The summed E-state index contributed by atoms with van der Waals surface area (Å²) in [6, 6.07) is 0. The van der Waals surface area contributed by atoms with Crippen LogP contribution in [0.4, 0.5) is 0 Å². The van der Waals surface area contributed by atoms with Gasteiger partial charge in [0.1, 0.15) is 0 Å². The van der Waals surface area contributed by atoms with E-state index in [1.165, 1.54) is 96.3 Å². The molecule has 0 aromatic rings. The van der Waals surface area contributed by atoms with Gasteiger partial charge in [0.25, 0.3) is 0 Å². The van der Waals surface area contributed by atoms with E-state index in [4.69, 9.17) is 16.9 Å². The lowest BCUT2D eigenvalue weighted by Crippen LogP contribution is -2.50. The first-order valence-electron chi connectivity index (χ1n) is 21.8. The number of unbranched alkanes of at least 4 members (excludes halogenated alkanes) is 4. The second-order valence-corrected chi connectivity index (χ2v) is 23.3. The van der Waals surface area contributed by atoms with Crippen molar-refractivity contribution >= 4 is 27.4 Å². The molecule has 4 rings (SSSR count). The summed E-state index contributed by atoms with van der Waals surface area (Å²) in [5.41, 5.74) is 15.1. The van der Waals surface area contributed by atoms with Gasteiger partial charge in [-0.25, -0.2) is 0 Å². The Hall–Kier alpha value is -0.170. The third-order valence-electron chi connectivity index (χ3n) is 14.5. The van der Waals surface area contributed by atoms with Crippen molar-refractivity contribution in [2.24, 2.45) is 57.8 Å². The number of amidine groups is 1. The Labute approximate surface area is 325 Å². The van der Waals surface area contributed by atoms with Crippen molar-refractivity contribution in [3.8, 4) is 0 Å². The number of hydrogen-bond donors (Lipinski definition) is 3. The Balaban J connectivity index is 1.22. The van der Waals surface area contributed by atoms with E-state index < -0.39 is 0 Å². The Morgan fingerprint density at radius 2 is 1.57 bits per heavy atom. The molecule has 4 aliphatic carbocycles. The standard InChI is InChI=1S/C45H84N4S2/c1-33(2)16-15-17-34(3)38-20-21-39-37-19-18-35-32-36(22-26-44(35,8)40(37)23-27-45(38,39)9)51-50-31-24-41(46)49(30-28-43(6,7)48)29-14-12-10-11-13-25-42(4,5)47/h18,33-34,36-40,46H,10-17,19-32,47-48H2,1-9H3/t34-,36+,37+,38-,39+,40?,44+,45-/m1/s1. The Kier molecular flexibility index (Phi) is 16.3. The lowest BCUT2D eigenvalue weighted by molar-refractivity contribution is -0.0497. The summed E-state index contributed by atoms with van der Waals surface area (Å²) in [6.07, 6.45) is 27.4. The summed E-state index contributed by atoms with van der Waals surface area (Å²) >= 11 is 0. The topological polar surface area (TPSA) is 79.1 Å². The predicted molar refractivity (Wildman–Crippen MR) is 230 cm³/mol. The number of hydrogen-bond acceptors (Lipinski definition) is 5. The second-order valence-electron chi connectivity index (χ2n) is 20.5. The van der Waals surface area contributed by atoms with E-state index in [1.807, 2.05) is 16.4 Å². The molecule has 0 heterocycles. The summed E-state index contributed by atoms with van der Waals surface area (Å²) in [5.74, 6) is 7.32. The summed E-state index contributed by atoms with van der Waals surface area (Å²) in [4.78, 5) is 2.34. The predicted octanol–water partition coefficient (Wildman–Crippen LogP) is 12.7. The summed E-state index contributed by atoms with van der Waals surface area (Å²) in [7, 11) is 4.18. The summed E-state index contributed by atoms with van der Waals surface area (Å²) in [6.45, 7) is 23.2. The van der Waals surface area contributed by atoms with Gasteiger partial charge in [-0.05, 0) is 145 Å². The normalized spacial score (nSPS) is 31.5. The zero-order chi connectivity index (χ0) is 37.5. The number of rotatable bonds is 21. The van der Waals surface area contributed by atoms with Gasteiger partial charge in [-0.15, -0.1) is 0 Å². The molecule has 0 bridgehead atoms. The van der Waals surface area contributed by atoms with Crippen LogP contribution in [0.25, 0.3) is 0 Å². The van der Waals surface area contributed by atoms with Crippen LogP contribution in [0.1, 0.15) is 184 Å². The summed E-state index contributed by atoms with van der Waals surface area (Å²) in [5, 5.41) is 9.74. The molecule has 0 radical (unpaired) electrons. The van der Waals surface area contributed by atoms with Gasteiger partial charge in [0, 0.05) is 41.6 Å². The molecule has 3 saturated carbocycles. The Bertz CT molecular complexity index is 1110. The molecule has 1 unspecified atom stereocenters. The molecule has 0 spiro atoms. The van der Waals surface area contributed by atoms with Crippen LogP contribution >= 0.6 is 21.6 Å². The third-order valence-corrected chi connectivity index (χ3v) is 17.4. The number of fused-ring (bicyclic) bond motifs is 5. The van der Waals surface area contributed by atoms with Crippen LogP contribution < -0.4 is 11.5 Å². The van der Waals surface area contributed by atoms with Crippen LogP contribution in [-0.4, -0.2) is 45.9 Å². The van der Waals surface area contributed by atoms with E-state index in [9.17, 15) is 0 Å². The molecule has 4 aliphatic rings. The first-order chi connectivity index (χ1) is 23.9. The SMILES string of the molecule is CC(C)CCC[C@@H](C)[C@H]1CC[C@H]2[C@@H]3CC=C4C[C@@H](SSCCC(=N)N(CCCCCCCC(C)(C)N)CCC(C)(C)N)CC[C@]4(C)C3CC[C@]12C. The smallest absolute Gasteiger partial charge is 0.0966 e. The maximum Gasteiger partial charge on any atom is 0.0966 e. The molecule has 0 aromatic heterocycles. The fraction of sp³-hybridized carbons (Fsp3) is 0.933. The highest BCUT2D eigenvalue weighted by Crippen LogP contribution is 2.67. The fourth-order valence-electron chi connectivity index (χ4n) is 11.4.